The van der Waals surface area contributed by atoms with Crippen LogP contribution in [-0.4, -0.2) is 29.3 Å². The predicted octanol–water partition coefficient (Wildman–Crippen LogP) is 2.23. The molecule has 1 aromatic carbocycles. The molecule has 0 aliphatic carbocycles. The lowest BCUT2D eigenvalue weighted by molar-refractivity contribution is 0.139. The van der Waals surface area contributed by atoms with E-state index in [-0.39, 0.29) is 0 Å². The van der Waals surface area contributed by atoms with Crippen molar-refractivity contribution in [2.24, 2.45) is 5.73 Å². The second kappa shape index (κ2) is 6.18. The van der Waals surface area contributed by atoms with Crippen molar-refractivity contribution in [2.75, 3.05) is 19.8 Å². The smallest absolute Gasteiger partial charge is 0.111 e. The molecule has 2 aromatic rings. The normalized spacial score (nSPS) is 11.3. The average molecular weight is 268 g/mol. The molecule has 0 radical (unpaired) electrons. The van der Waals surface area contributed by atoms with Crippen molar-refractivity contribution in [1.29, 1.82) is 0 Å². The first-order valence-corrected chi connectivity index (χ1v) is 6.56. The van der Waals surface area contributed by atoms with Gasteiger partial charge >= 0.3 is 0 Å². The van der Waals surface area contributed by atoms with Crippen molar-refractivity contribution < 1.29 is 4.74 Å². The Morgan fingerprint density at radius 3 is 3.00 bits per heavy atom. The van der Waals surface area contributed by atoms with Crippen LogP contribution in [0, 0.1) is 0 Å². The number of benzene rings is 1. The van der Waals surface area contributed by atoms with E-state index in [1.807, 2.05) is 25.1 Å². The SMILES string of the molecule is CCOCCn1c(CCN)nc2cc(Cl)ccc21. The second-order valence-corrected chi connectivity index (χ2v) is 4.48. The van der Waals surface area contributed by atoms with Gasteiger partial charge in [0.25, 0.3) is 0 Å². The number of halogens is 1. The van der Waals surface area contributed by atoms with E-state index >= 15 is 0 Å². The Labute approximate surface area is 112 Å². The summed E-state index contributed by atoms with van der Waals surface area (Å²) in [4.78, 5) is 4.58. The Morgan fingerprint density at radius 2 is 2.28 bits per heavy atom. The largest absolute Gasteiger partial charge is 0.380 e. The maximum absolute atomic E-state index is 5.99. The van der Waals surface area contributed by atoms with E-state index in [2.05, 4.69) is 9.55 Å². The zero-order valence-electron chi connectivity index (χ0n) is 10.5. The van der Waals surface area contributed by atoms with E-state index in [0.29, 0.717) is 18.2 Å². The van der Waals surface area contributed by atoms with Crippen LogP contribution in [0.2, 0.25) is 5.02 Å². The maximum atomic E-state index is 5.99. The van der Waals surface area contributed by atoms with Crippen LogP contribution >= 0.6 is 11.6 Å². The number of nitrogens with two attached hydrogens (primary N) is 1. The quantitative estimate of drug-likeness (QED) is 0.817. The van der Waals surface area contributed by atoms with Crippen molar-refractivity contribution in [3.8, 4) is 0 Å². The molecular weight excluding hydrogens is 250 g/mol. The van der Waals surface area contributed by atoms with Gasteiger partial charge in [-0.3, -0.25) is 0 Å². The van der Waals surface area contributed by atoms with E-state index in [1.165, 1.54) is 0 Å². The summed E-state index contributed by atoms with van der Waals surface area (Å²) in [5.74, 6) is 0.995. The van der Waals surface area contributed by atoms with Crippen LogP contribution in [0.3, 0.4) is 0 Å². The molecule has 0 aliphatic heterocycles. The molecule has 5 heteroatoms. The van der Waals surface area contributed by atoms with Crippen molar-refractivity contribution in [2.45, 2.75) is 19.9 Å². The summed E-state index contributed by atoms with van der Waals surface area (Å²) in [5, 5.41) is 0.705. The van der Waals surface area contributed by atoms with Crippen molar-refractivity contribution in [3.05, 3.63) is 29.0 Å². The van der Waals surface area contributed by atoms with Crippen LogP contribution in [0.5, 0.6) is 0 Å². The predicted molar refractivity (Wildman–Crippen MR) is 74.0 cm³/mol. The Balaban J connectivity index is 2.35. The molecule has 2 rings (SSSR count). The number of imidazole rings is 1. The third-order valence-electron chi connectivity index (χ3n) is 2.82. The summed E-state index contributed by atoms with van der Waals surface area (Å²) in [5.41, 5.74) is 7.63. The van der Waals surface area contributed by atoms with Gasteiger partial charge in [0.2, 0.25) is 0 Å². The molecule has 2 N–H and O–H groups in total. The van der Waals surface area contributed by atoms with Crippen LogP contribution in [-0.2, 0) is 17.7 Å². The van der Waals surface area contributed by atoms with Crippen LogP contribution in [0.1, 0.15) is 12.7 Å². The number of nitrogens with zero attached hydrogens (tertiary/aromatic N) is 2. The van der Waals surface area contributed by atoms with Gasteiger partial charge < -0.3 is 15.0 Å². The third kappa shape index (κ3) is 2.83. The Morgan fingerprint density at radius 1 is 1.44 bits per heavy atom. The van der Waals surface area contributed by atoms with E-state index in [4.69, 9.17) is 22.1 Å². The lowest BCUT2D eigenvalue weighted by Gasteiger charge is -2.08. The maximum Gasteiger partial charge on any atom is 0.111 e. The molecular formula is C13H18ClN3O. The number of fused-ring (bicyclic) bond motifs is 1. The molecule has 18 heavy (non-hydrogen) atoms. The summed E-state index contributed by atoms with van der Waals surface area (Å²) >= 11 is 5.99. The zero-order chi connectivity index (χ0) is 13.0. The van der Waals surface area contributed by atoms with Gasteiger partial charge in [-0.25, -0.2) is 4.98 Å². The van der Waals surface area contributed by atoms with Gasteiger partial charge in [0.15, 0.2) is 0 Å². The van der Waals surface area contributed by atoms with E-state index in [1.54, 1.807) is 0 Å². The van der Waals surface area contributed by atoms with Crippen molar-refractivity contribution in [1.82, 2.24) is 9.55 Å². The van der Waals surface area contributed by atoms with E-state index in [9.17, 15) is 0 Å². The fourth-order valence-electron chi connectivity index (χ4n) is 2.02. The Bertz CT molecular complexity index is 524. The van der Waals surface area contributed by atoms with Crippen LogP contribution in [0.15, 0.2) is 18.2 Å². The molecule has 1 aromatic heterocycles. The summed E-state index contributed by atoms with van der Waals surface area (Å²) < 4.78 is 7.57. The fourth-order valence-corrected chi connectivity index (χ4v) is 2.19. The molecule has 0 spiro atoms. The van der Waals surface area contributed by atoms with Crippen molar-refractivity contribution >= 4 is 22.6 Å². The minimum absolute atomic E-state index is 0.589. The lowest BCUT2D eigenvalue weighted by atomic mass is 10.3. The van der Waals surface area contributed by atoms with Gasteiger partial charge in [0.05, 0.1) is 17.6 Å². The van der Waals surface area contributed by atoms with E-state index in [0.717, 1.165) is 36.4 Å². The molecule has 0 amide bonds. The Kier molecular flexibility index (Phi) is 4.58. The molecule has 1 heterocycles. The van der Waals surface area contributed by atoms with Gasteiger partial charge in [-0.15, -0.1) is 0 Å². The summed E-state index contributed by atoms with van der Waals surface area (Å²) in [6.45, 7) is 4.78. The number of aromatic nitrogens is 2. The molecule has 98 valence electrons. The summed E-state index contributed by atoms with van der Waals surface area (Å²) in [6.07, 6.45) is 0.762. The highest BCUT2D eigenvalue weighted by Gasteiger charge is 2.10. The first-order valence-electron chi connectivity index (χ1n) is 6.18. The highest BCUT2D eigenvalue weighted by Crippen LogP contribution is 2.20. The highest BCUT2D eigenvalue weighted by molar-refractivity contribution is 6.31. The molecule has 0 saturated carbocycles. The van der Waals surface area contributed by atoms with E-state index < -0.39 is 0 Å². The summed E-state index contributed by atoms with van der Waals surface area (Å²) in [7, 11) is 0. The first-order chi connectivity index (χ1) is 8.76. The van der Waals surface area contributed by atoms with Crippen molar-refractivity contribution in [3.63, 3.8) is 0 Å². The number of ether oxygens (including phenoxy) is 1. The lowest BCUT2D eigenvalue weighted by Crippen LogP contribution is -2.13. The monoisotopic (exact) mass is 267 g/mol. The first kappa shape index (κ1) is 13.3. The standard InChI is InChI=1S/C13H18ClN3O/c1-2-18-8-7-17-12-4-3-10(14)9-11(12)16-13(17)5-6-15/h3-4,9H,2,5-8,15H2,1H3. The molecule has 0 fully saturated rings. The van der Waals surface area contributed by atoms with Gasteiger partial charge in [-0.05, 0) is 31.7 Å². The molecule has 4 nitrogen and oxygen atoms in total. The number of rotatable bonds is 6. The number of hydrogen-bond donors (Lipinski definition) is 1. The molecule has 0 unspecified atom stereocenters. The fraction of sp³-hybridized carbons (Fsp3) is 0.462. The molecule has 0 saturated heterocycles. The minimum atomic E-state index is 0.589. The zero-order valence-corrected chi connectivity index (χ0v) is 11.3. The minimum Gasteiger partial charge on any atom is -0.380 e. The number of hydrogen-bond acceptors (Lipinski definition) is 3. The second-order valence-electron chi connectivity index (χ2n) is 4.05. The third-order valence-corrected chi connectivity index (χ3v) is 3.06. The molecule has 0 atom stereocenters. The topological polar surface area (TPSA) is 53.1 Å². The van der Waals surface area contributed by atoms with Gasteiger partial charge in [-0.1, -0.05) is 11.6 Å². The van der Waals surface area contributed by atoms with Crippen LogP contribution < -0.4 is 5.73 Å². The molecule has 0 bridgehead atoms. The van der Waals surface area contributed by atoms with Crippen LogP contribution in [0.4, 0.5) is 0 Å². The van der Waals surface area contributed by atoms with Crippen LogP contribution in [0.25, 0.3) is 11.0 Å². The van der Waals surface area contributed by atoms with Gasteiger partial charge in [-0.2, -0.15) is 0 Å². The van der Waals surface area contributed by atoms with Gasteiger partial charge in [0, 0.05) is 24.6 Å². The Hall–Kier alpha value is -1.10. The summed E-state index contributed by atoms with van der Waals surface area (Å²) in [6, 6.07) is 5.76. The van der Waals surface area contributed by atoms with Gasteiger partial charge in [0.1, 0.15) is 5.82 Å². The average Bonchev–Trinajstić information content (AvgIpc) is 2.67. The molecule has 0 aliphatic rings. The highest BCUT2D eigenvalue weighted by atomic mass is 35.5.